The molecule has 2 amide bonds. The average Bonchev–Trinajstić information content (AvgIpc) is 3.44. The number of nitrogens with zero attached hydrogens (tertiary/aromatic N) is 6. The molecule has 9 nitrogen and oxygen atoms in total. The lowest BCUT2D eigenvalue weighted by molar-refractivity contribution is -0.229. The van der Waals surface area contributed by atoms with Crippen molar-refractivity contribution in [3.05, 3.63) is 47.9 Å². The number of alkyl halides is 6. The molecular formula is C20H17F6N7O2. The number of nitrogens with one attached hydrogen (secondary N) is 1. The molecule has 186 valence electrons. The summed E-state index contributed by atoms with van der Waals surface area (Å²) in [4.78, 5) is 15.2. The summed E-state index contributed by atoms with van der Waals surface area (Å²) in [7, 11) is 0. The number of carbonyl (C=O) groups excluding carboxylic acids is 1. The van der Waals surface area contributed by atoms with E-state index in [4.69, 9.17) is 4.42 Å². The van der Waals surface area contributed by atoms with Crippen LogP contribution in [0.25, 0.3) is 5.69 Å². The van der Waals surface area contributed by atoms with Crippen LogP contribution in [0.5, 0.6) is 0 Å². The molecule has 1 saturated carbocycles. The number of benzene rings is 1. The smallest absolute Gasteiger partial charge is 0.418 e. The fourth-order valence-electron chi connectivity index (χ4n) is 4.92. The van der Waals surface area contributed by atoms with Crippen molar-refractivity contribution in [3.8, 4) is 5.69 Å². The van der Waals surface area contributed by atoms with Crippen LogP contribution in [0.1, 0.15) is 36.6 Å². The molecule has 3 atom stereocenters. The first-order chi connectivity index (χ1) is 16.4. The van der Waals surface area contributed by atoms with E-state index in [0.717, 1.165) is 23.0 Å². The van der Waals surface area contributed by atoms with Gasteiger partial charge >= 0.3 is 18.4 Å². The van der Waals surface area contributed by atoms with Gasteiger partial charge < -0.3 is 14.6 Å². The SMILES string of the molecule is Cc1nnc(C23CC(C[C@@H](C(F)(F)F)C2)N3C(=O)Nc2ccc(C(F)(F)F)c(-n3nccn3)c2)o1. The molecule has 2 aromatic heterocycles. The zero-order valence-corrected chi connectivity index (χ0v) is 17.9. The molecule has 2 unspecified atom stereocenters. The van der Waals surface area contributed by atoms with Crippen molar-refractivity contribution in [1.82, 2.24) is 30.1 Å². The number of carbonyl (C=O) groups is 1. The molecule has 1 saturated heterocycles. The van der Waals surface area contributed by atoms with Crippen molar-refractivity contribution >= 4 is 11.7 Å². The first-order valence-corrected chi connectivity index (χ1v) is 10.4. The second kappa shape index (κ2) is 7.68. The van der Waals surface area contributed by atoms with E-state index in [0.29, 0.717) is 0 Å². The standard InChI is InChI=1S/C20H17F6N7O2/c1-10-30-31-16(35-10)18-8-11(19(21,22)23)6-13(9-18)32(18)17(34)29-12-2-3-14(20(24,25)26)15(7-12)33-27-4-5-28-33/h2-5,7,11,13H,6,8-9H2,1H3,(H,29,34)/t11-,13?,18?/m1/s1. The summed E-state index contributed by atoms with van der Waals surface area (Å²) in [6, 6.07) is 1.30. The predicted octanol–water partition coefficient (Wildman–Crippen LogP) is 4.45. The molecule has 2 bridgehead atoms. The zero-order valence-electron chi connectivity index (χ0n) is 17.9. The highest BCUT2D eigenvalue weighted by Crippen LogP contribution is 2.58. The fourth-order valence-corrected chi connectivity index (χ4v) is 4.92. The van der Waals surface area contributed by atoms with Crippen LogP contribution in [-0.4, -0.2) is 48.3 Å². The Morgan fingerprint density at radius 1 is 1.11 bits per heavy atom. The summed E-state index contributed by atoms with van der Waals surface area (Å²) in [6.07, 6.45) is -7.37. The van der Waals surface area contributed by atoms with Crippen LogP contribution in [0.4, 0.5) is 36.8 Å². The molecule has 1 aromatic carbocycles. The average molecular weight is 501 g/mol. The highest BCUT2D eigenvalue weighted by Gasteiger charge is 2.66. The zero-order chi connectivity index (χ0) is 25.2. The molecule has 35 heavy (non-hydrogen) atoms. The second-order valence-corrected chi connectivity index (χ2v) is 8.54. The number of hydrogen-bond acceptors (Lipinski definition) is 6. The number of urea groups is 1. The fraction of sp³-hybridized carbons (Fsp3) is 0.450. The minimum Gasteiger partial charge on any atom is -0.423 e. The van der Waals surface area contributed by atoms with Crippen LogP contribution in [-0.2, 0) is 11.7 Å². The predicted molar refractivity (Wildman–Crippen MR) is 105 cm³/mol. The number of fused-ring (bicyclic) bond motifs is 2. The van der Waals surface area contributed by atoms with Gasteiger partial charge in [-0.05, 0) is 31.0 Å². The lowest BCUT2D eigenvalue weighted by Crippen LogP contribution is -2.71. The summed E-state index contributed by atoms with van der Waals surface area (Å²) >= 11 is 0. The Kier molecular flexibility index (Phi) is 5.07. The molecule has 0 radical (unpaired) electrons. The Balaban J connectivity index is 1.46. The van der Waals surface area contributed by atoms with Crippen molar-refractivity contribution in [2.45, 2.75) is 50.1 Å². The van der Waals surface area contributed by atoms with E-state index in [1.807, 2.05) is 0 Å². The van der Waals surface area contributed by atoms with Crippen molar-refractivity contribution in [1.29, 1.82) is 0 Å². The van der Waals surface area contributed by atoms with Crippen LogP contribution < -0.4 is 5.32 Å². The van der Waals surface area contributed by atoms with Crippen molar-refractivity contribution in [3.63, 3.8) is 0 Å². The Bertz CT molecular complexity index is 1260. The highest BCUT2D eigenvalue weighted by atomic mass is 19.4. The number of likely N-dealkylation sites (tertiary alicyclic amines) is 1. The summed E-state index contributed by atoms with van der Waals surface area (Å²) in [5.41, 5.74) is -2.95. The molecule has 2 aliphatic rings. The highest BCUT2D eigenvalue weighted by molar-refractivity contribution is 5.91. The lowest BCUT2D eigenvalue weighted by Gasteiger charge is -2.61. The van der Waals surface area contributed by atoms with E-state index in [1.165, 1.54) is 24.2 Å². The number of anilines is 1. The van der Waals surface area contributed by atoms with Crippen molar-refractivity contribution < 1.29 is 35.6 Å². The van der Waals surface area contributed by atoms with Crippen LogP contribution in [0.2, 0.25) is 0 Å². The third-order valence-electron chi connectivity index (χ3n) is 6.33. The van der Waals surface area contributed by atoms with E-state index in [1.54, 1.807) is 0 Å². The van der Waals surface area contributed by atoms with Crippen LogP contribution in [0.15, 0.2) is 35.0 Å². The summed E-state index contributed by atoms with van der Waals surface area (Å²) < 4.78 is 86.4. The van der Waals surface area contributed by atoms with Gasteiger partial charge in [-0.3, -0.25) is 0 Å². The molecule has 2 fully saturated rings. The molecule has 1 N–H and O–H groups in total. The van der Waals surface area contributed by atoms with Gasteiger partial charge in [0.2, 0.25) is 11.8 Å². The lowest BCUT2D eigenvalue weighted by atomic mass is 9.63. The Labute approximate surface area is 193 Å². The number of aromatic nitrogens is 5. The number of hydrogen-bond donors (Lipinski definition) is 1. The van der Waals surface area contributed by atoms with Gasteiger partial charge in [-0.2, -0.15) is 41.3 Å². The van der Waals surface area contributed by atoms with Gasteiger partial charge in [0.1, 0.15) is 5.54 Å². The molecule has 3 aromatic rings. The quantitative estimate of drug-likeness (QED) is 0.532. The number of piperidine rings is 1. The molecule has 1 aliphatic heterocycles. The largest absolute Gasteiger partial charge is 0.423 e. The van der Waals surface area contributed by atoms with Crippen LogP contribution >= 0.6 is 0 Å². The van der Waals surface area contributed by atoms with Crippen LogP contribution in [0, 0.1) is 12.8 Å². The van der Waals surface area contributed by atoms with E-state index in [2.05, 4.69) is 25.7 Å². The minimum absolute atomic E-state index is 0.0236. The van der Waals surface area contributed by atoms with Gasteiger partial charge in [0, 0.05) is 25.1 Å². The van der Waals surface area contributed by atoms with Gasteiger partial charge in [0.25, 0.3) is 0 Å². The molecule has 15 heteroatoms. The monoisotopic (exact) mass is 501 g/mol. The molecular weight excluding hydrogens is 484 g/mol. The van der Waals surface area contributed by atoms with Gasteiger partial charge in [0.15, 0.2) is 0 Å². The van der Waals surface area contributed by atoms with E-state index in [9.17, 15) is 31.1 Å². The topological polar surface area (TPSA) is 102 Å². The summed E-state index contributed by atoms with van der Waals surface area (Å²) in [6.45, 7) is 1.48. The van der Waals surface area contributed by atoms with Crippen molar-refractivity contribution in [2.75, 3.05) is 5.32 Å². The molecule has 3 heterocycles. The third kappa shape index (κ3) is 3.87. The van der Waals surface area contributed by atoms with Gasteiger partial charge in [-0.1, -0.05) is 0 Å². The van der Waals surface area contributed by atoms with Gasteiger partial charge in [-0.15, -0.1) is 10.2 Å². The number of aryl methyl sites for hydroxylation is 1. The van der Waals surface area contributed by atoms with E-state index < -0.39 is 53.6 Å². The van der Waals surface area contributed by atoms with Gasteiger partial charge in [-0.25, -0.2) is 4.79 Å². The van der Waals surface area contributed by atoms with Gasteiger partial charge in [0.05, 0.1) is 29.6 Å². The maximum atomic E-state index is 13.5. The summed E-state index contributed by atoms with van der Waals surface area (Å²) in [5.74, 6) is -1.64. The number of rotatable bonds is 3. The Hall–Kier alpha value is -3.65. The number of amides is 2. The Morgan fingerprint density at radius 2 is 1.83 bits per heavy atom. The normalized spacial score (nSPS) is 24.3. The van der Waals surface area contributed by atoms with Crippen molar-refractivity contribution in [2.24, 2.45) is 5.92 Å². The second-order valence-electron chi connectivity index (χ2n) is 8.54. The molecule has 5 rings (SSSR count). The van der Waals surface area contributed by atoms with Crippen LogP contribution in [0.3, 0.4) is 0 Å². The molecule has 1 aliphatic carbocycles. The third-order valence-corrected chi connectivity index (χ3v) is 6.33. The minimum atomic E-state index is -4.72. The first kappa shape index (κ1) is 23.1. The van der Waals surface area contributed by atoms with E-state index in [-0.39, 0.29) is 30.3 Å². The summed E-state index contributed by atoms with van der Waals surface area (Å²) in [5, 5.41) is 17.5. The number of halogens is 6. The first-order valence-electron chi connectivity index (χ1n) is 10.4. The maximum absolute atomic E-state index is 13.5. The Morgan fingerprint density at radius 3 is 2.43 bits per heavy atom. The molecule has 0 spiro atoms. The van der Waals surface area contributed by atoms with E-state index >= 15 is 0 Å². The maximum Gasteiger partial charge on any atom is 0.418 e.